The van der Waals surface area contributed by atoms with Crippen LogP contribution in [0.3, 0.4) is 0 Å². The Labute approximate surface area is 456 Å². The molecule has 0 bridgehead atoms. The summed E-state index contributed by atoms with van der Waals surface area (Å²) in [4.78, 5) is 83.7. The molecule has 0 unspecified atom stereocenters. The second-order valence-corrected chi connectivity index (χ2v) is 20.2. The zero-order chi connectivity index (χ0) is 55.3. The molecule has 24 nitrogen and oxygen atoms in total. The molecule has 2 saturated heterocycles. The number of carbonyl (C=O) groups is 6. The van der Waals surface area contributed by atoms with Gasteiger partial charge in [-0.15, -0.1) is 0 Å². The van der Waals surface area contributed by atoms with Gasteiger partial charge in [-0.1, -0.05) is 42.5 Å². The zero-order valence-electron chi connectivity index (χ0n) is 43.9. The molecule has 2 aliphatic heterocycles. The standard InChI is InChI=1S/C51H76IN9O15/c1-31(2)42(49(69)56-32(3)48(68)57-37-12-11-33(30-74-41(64)10-6-7-17-52)27-38(37)75-51-45(67)43(65)44(66)46(76-51)50(70)71)58-39(62)16-23-72-25-26-73-24-19-54-35-13-20-60(21-14-35)40(63)15-22-61-36(29-59(5)53-4)28-34-9-8-18-55-47(34)61/h8-9,11-12,18,27-28,31-32,35,42-46,51,53-54,65-67H,6-7,10,13-17,19-26,29-30H2,1-5H3,(H,56,69)(H,57,68)(H,58,62)(H,70,71)/t32-,42-,43-,44-,45+,46-,51+/m0/s1. The van der Waals surface area contributed by atoms with Crippen LogP contribution in [0.2, 0.25) is 0 Å². The molecule has 0 saturated carbocycles. The number of rotatable bonds is 31. The first-order valence-corrected chi connectivity index (χ1v) is 27.3. The maximum Gasteiger partial charge on any atom is 0.335 e. The molecular weight excluding hydrogens is 1110 g/mol. The summed E-state index contributed by atoms with van der Waals surface area (Å²) in [5, 5.41) is 55.2. The number of piperidine rings is 1. The molecule has 9 N–H and O–H groups in total. The molecule has 0 spiro atoms. The number of hydrogen-bond acceptors (Lipinski definition) is 18. The van der Waals surface area contributed by atoms with Crippen LogP contribution in [0.4, 0.5) is 5.69 Å². The lowest BCUT2D eigenvalue weighted by atomic mass is 9.99. The van der Waals surface area contributed by atoms with Crippen molar-refractivity contribution in [2.45, 2.75) is 134 Å². The van der Waals surface area contributed by atoms with E-state index in [1.165, 1.54) is 25.1 Å². The Kier molecular flexibility index (Phi) is 25.5. The highest BCUT2D eigenvalue weighted by Crippen LogP contribution is 2.32. The number of benzene rings is 1. The predicted molar refractivity (Wildman–Crippen MR) is 286 cm³/mol. The molecule has 422 valence electrons. The van der Waals surface area contributed by atoms with E-state index in [9.17, 15) is 49.2 Å². The summed E-state index contributed by atoms with van der Waals surface area (Å²) in [5.41, 5.74) is 5.44. The fourth-order valence-corrected chi connectivity index (χ4v) is 9.03. The van der Waals surface area contributed by atoms with Crippen LogP contribution in [0.5, 0.6) is 5.75 Å². The molecule has 2 fully saturated rings. The Morgan fingerprint density at radius 3 is 2.33 bits per heavy atom. The van der Waals surface area contributed by atoms with Crippen LogP contribution in [-0.2, 0) is 67.4 Å². The van der Waals surface area contributed by atoms with Gasteiger partial charge in [0.05, 0.1) is 38.7 Å². The number of fused-ring (bicyclic) bond motifs is 1. The second kappa shape index (κ2) is 31.3. The summed E-state index contributed by atoms with van der Waals surface area (Å²) in [5.74, 6) is -4.31. The Balaban J connectivity index is 0.990. The minimum absolute atomic E-state index is 0.0276. The molecule has 2 aromatic heterocycles. The number of esters is 1. The lowest BCUT2D eigenvalue weighted by molar-refractivity contribution is -0.271. The number of pyridine rings is 1. The number of aliphatic carboxylic acids is 1. The van der Waals surface area contributed by atoms with Crippen molar-refractivity contribution in [1.29, 1.82) is 0 Å². The number of anilines is 1. The molecule has 3 aromatic rings. The summed E-state index contributed by atoms with van der Waals surface area (Å²) in [6.07, 6.45) is -4.17. The molecule has 25 heteroatoms. The second-order valence-electron chi connectivity index (χ2n) is 19.1. The van der Waals surface area contributed by atoms with Crippen molar-refractivity contribution in [3.63, 3.8) is 0 Å². The van der Waals surface area contributed by atoms with Gasteiger partial charge in [0, 0.05) is 75.8 Å². The molecular formula is C51H76IN9O15. The number of nitrogens with one attached hydrogen (secondary N) is 5. The molecule has 4 amide bonds. The Morgan fingerprint density at radius 2 is 1.63 bits per heavy atom. The fraction of sp³-hybridized carbons (Fsp3) is 0.627. The highest BCUT2D eigenvalue weighted by molar-refractivity contribution is 14.1. The smallest absolute Gasteiger partial charge is 0.335 e. The number of likely N-dealkylation sites (tertiary alicyclic amines) is 1. The van der Waals surface area contributed by atoms with E-state index in [1.54, 1.807) is 20.0 Å². The number of unbranched alkanes of at least 4 members (excludes halogenated alkanes) is 1. The number of hydrogen-bond donors (Lipinski definition) is 9. The average molecular weight is 1180 g/mol. The van der Waals surface area contributed by atoms with E-state index >= 15 is 0 Å². The molecule has 0 radical (unpaired) electrons. The number of ether oxygens (including phenoxy) is 5. The topological polar surface area (TPSA) is 314 Å². The number of hydrazine groups is 1. The van der Waals surface area contributed by atoms with Gasteiger partial charge >= 0.3 is 11.9 Å². The van der Waals surface area contributed by atoms with E-state index in [0.29, 0.717) is 64.3 Å². The number of aromatic nitrogens is 2. The van der Waals surface area contributed by atoms with Crippen molar-refractivity contribution in [2.24, 2.45) is 5.92 Å². The van der Waals surface area contributed by atoms with Crippen LogP contribution >= 0.6 is 22.6 Å². The molecule has 76 heavy (non-hydrogen) atoms. The van der Waals surface area contributed by atoms with Gasteiger partial charge < -0.3 is 74.8 Å². The zero-order valence-corrected chi connectivity index (χ0v) is 46.1. The van der Waals surface area contributed by atoms with Crippen molar-refractivity contribution in [3.8, 4) is 5.75 Å². The Morgan fingerprint density at radius 1 is 0.895 bits per heavy atom. The van der Waals surface area contributed by atoms with Crippen LogP contribution in [0.15, 0.2) is 42.6 Å². The average Bonchev–Trinajstić information content (AvgIpc) is 3.75. The van der Waals surface area contributed by atoms with Crippen LogP contribution in [0, 0.1) is 5.92 Å². The normalized spacial score (nSPS) is 19.8. The summed E-state index contributed by atoms with van der Waals surface area (Å²) < 4.78 is 30.8. The number of nitrogens with zero attached hydrogens (tertiary/aromatic N) is 4. The van der Waals surface area contributed by atoms with Crippen LogP contribution in [-0.4, -0.2) is 189 Å². The summed E-state index contributed by atoms with van der Waals surface area (Å²) in [7, 11) is 3.84. The summed E-state index contributed by atoms with van der Waals surface area (Å²) >= 11 is 2.21. The number of aryl methyl sites for hydroxylation is 1. The number of alkyl halides is 1. The molecule has 5 rings (SSSR count). The van der Waals surface area contributed by atoms with Crippen molar-refractivity contribution in [1.82, 2.24) is 40.8 Å². The minimum Gasteiger partial charge on any atom is -0.479 e. The number of halogens is 1. The third kappa shape index (κ3) is 18.8. The quantitative estimate of drug-likeness (QED) is 0.0144. The van der Waals surface area contributed by atoms with E-state index in [1.807, 2.05) is 36.1 Å². The maximum absolute atomic E-state index is 13.5. The van der Waals surface area contributed by atoms with Crippen molar-refractivity contribution in [3.05, 3.63) is 53.9 Å². The molecule has 2 aliphatic rings. The van der Waals surface area contributed by atoms with Crippen molar-refractivity contribution >= 4 is 74.9 Å². The number of amides is 4. The van der Waals surface area contributed by atoms with Crippen molar-refractivity contribution in [2.75, 3.05) is 69.9 Å². The predicted octanol–water partition coefficient (Wildman–Crippen LogP) is 1.20. The fourth-order valence-electron chi connectivity index (χ4n) is 8.49. The molecule has 4 heterocycles. The van der Waals surface area contributed by atoms with Crippen LogP contribution in [0.25, 0.3) is 11.0 Å². The van der Waals surface area contributed by atoms with E-state index in [0.717, 1.165) is 40.4 Å². The van der Waals surface area contributed by atoms with Gasteiger partial charge in [-0.3, -0.25) is 29.4 Å². The first kappa shape index (κ1) is 61.7. The van der Waals surface area contributed by atoms with Gasteiger partial charge in [0.25, 0.3) is 0 Å². The van der Waals surface area contributed by atoms with E-state index < -0.39 is 72.4 Å². The SMILES string of the molecule is CNN(C)Cc1cc2cccnc2n1CCC(=O)N1CCC(NCCOCCOCCC(=O)N[C@H](C(=O)N[C@@H](C)C(=O)Nc2ccc(COC(=O)CCCCI)cc2O[C@@H]2O[C@H](C(=O)O)[C@@H](O)[C@H](O)[C@H]2O)C(C)C)CC1. The van der Waals surface area contributed by atoms with E-state index in [4.69, 9.17) is 23.7 Å². The Bertz CT molecular complexity index is 2370. The molecule has 1 aromatic carbocycles. The van der Waals surface area contributed by atoms with Gasteiger partial charge in [-0.05, 0) is 85.9 Å². The lowest BCUT2D eigenvalue weighted by Crippen LogP contribution is -2.61. The van der Waals surface area contributed by atoms with E-state index in [-0.39, 0.29) is 62.0 Å². The van der Waals surface area contributed by atoms with Crippen LogP contribution < -0.4 is 31.4 Å². The summed E-state index contributed by atoms with van der Waals surface area (Å²) in [6, 6.07) is 8.42. The Hall–Kier alpha value is -5.10. The minimum atomic E-state index is -1.98. The lowest BCUT2D eigenvalue weighted by Gasteiger charge is -2.38. The van der Waals surface area contributed by atoms with Crippen molar-refractivity contribution < 1.29 is 72.9 Å². The third-order valence-electron chi connectivity index (χ3n) is 13.0. The highest BCUT2D eigenvalue weighted by Gasteiger charge is 2.48. The van der Waals surface area contributed by atoms with Gasteiger partial charge in [0.2, 0.25) is 29.9 Å². The summed E-state index contributed by atoms with van der Waals surface area (Å²) in [6.45, 7) is 9.00. The largest absolute Gasteiger partial charge is 0.479 e. The molecule has 0 aliphatic carbocycles. The number of aliphatic hydroxyl groups excluding tert-OH is 3. The van der Waals surface area contributed by atoms with E-state index in [2.05, 4.69) is 64.9 Å². The van der Waals surface area contributed by atoms with Gasteiger partial charge in [0.15, 0.2) is 6.10 Å². The monoisotopic (exact) mass is 1180 g/mol. The van der Waals surface area contributed by atoms with Gasteiger partial charge in [-0.25, -0.2) is 14.8 Å². The molecule has 7 atom stereocenters. The highest BCUT2D eigenvalue weighted by atomic mass is 127. The van der Waals surface area contributed by atoms with Gasteiger partial charge in [0.1, 0.15) is 48.4 Å². The number of carbonyl (C=O) groups excluding carboxylic acids is 5. The number of aliphatic hydroxyl groups is 3. The van der Waals surface area contributed by atoms with Crippen LogP contribution in [0.1, 0.15) is 77.0 Å². The maximum atomic E-state index is 13.5. The number of carboxylic acids is 1. The number of carboxylic acid groups (broad SMARTS) is 1. The first-order valence-electron chi connectivity index (χ1n) is 25.7. The third-order valence-corrected chi connectivity index (χ3v) is 13.7. The first-order chi connectivity index (χ1) is 36.4. The van der Waals surface area contributed by atoms with Gasteiger partial charge in [-0.2, -0.15) is 0 Å².